The van der Waals surface area contributed by atoms with Crippen molar-refractivity contribution in [2.45, 2.75) is 25.4 Å². The number of phenolic OH excluding ortho intramolecular Hbond substituents is 1. The van der Waals surface area contributed by atoms with E-state index in [9.17, 15) is 13.9 Å². The standard InChI is InChI=1S/C13H16ClF2NO2/c14-10-3-1-2-9(12(10)18)8-17-5-7-19-6-4-11(17)13(15)16/h1-3,11,13,18H,4-8H2. The third-order valence-corrected chi connectivity index (χ3v) is 3.59. The number of nitrogens with zero attached hydrogens (tertiary/aromatic N) is 1. The molecule has 0 radical (unpaired) electrons. The molecule has 2 rings (SSSR count). The van der Waals surface area contributed by atoms with Gasteiger partial charge in [-0.1, -0.05) is 23.7 Å². The van der Waals surface area contributed by atoms with E-state index >= 15 is 0 Å². The lowest BCUT2D eigenvalue weighted by Gasteiger charge is -2.28. The highest BCUT2D eigenvalue weighted by molar-refractivity contribution is 6.32. The number of benzene rings is 1. The molecule has 0 spiro atoms. The fourth-order valence-electron chi connectivity index (χ4n) is 2.22. The molecule has 1 saturated heterocycles. The second kappa shape index (κ2) is 6.50. The van der Waals surface area contributed by atoms with E-state index in [-0.39, 0.29) is 17.3 Å². The summed E-state index contributed by atoms with van der Waals surface area (Å²) in [6, 6.07) is 4.11. The maximum atomic E-state index is 13.0. The van der Waals surface area contributed by atoms with Crippen LogP contribution in [0.3, 0.4) is 0 Å². The largest absolute Gasteiger partial charge is 0.506 e. The Morgan fingerprint density at radius 2 is 2.21 bits per heavy atom. The van der Waals surface area contributed by atoms with Crippen molar-refractivity contribution in [2.75, 3.05) is 19.8 Å². The third kappa shape index (κ3) is 3.55. The van der Waals surface area contributed by atoms with Gasteiger partial charge in [-0.25, -0.2) is 8.78 Å². The van der Waals surface area contributed by atoms with Crippen LogP contribution in [0.1, 0.15) is 12.0 Å². The molecule has 6 heteroatoms. The van der Waals surface area contributed by atoms with Crippen LogP contribution in [-0.4, -0.2) is 42.2 Å². The Balaban J connectivity index is 2.16. The van der Waals surface area contributed by atoms with E-state index in [4.69, 9.17) is 16.3 Å². The van der Waals surface area contributed by atoms with Crippen molar-refractivity contribution in [3.63, 3.8) is 0 Å². The molecule has 1 N–H and O–H groups in total. The zero-order valence-electron chi connectivity index (χ0n) is 10.4. The molecular formula is C13H16ClF2NO2. The maximum Gasteiger partial charge on any atom is 0.253 e. The highest BCUT2D eigenvalue weighted by atomic mass is 35.5. The van der Waals surface area contributed by atoms with Crippen LogP contribution in [0.15, 0.2) is 18.2 Å². The fourth-order valence-corrected chi connectivity index (χ4v) is 2.42. The van der Waals surface area contributed by atoms with E-state index in [2.05, 4.69) is 0 Å². The van der Waals surface area contributed by atoms with E-state index in [0.717, 1.165) is 0 Å². The molecule has 1 aliphatic rings. The van der Waals surface area contributed by atoms with Crippen LogP contribution >= 0.6 is 11.6 Å². The molecule has 0 bridgehead atoms. The van der Waals surface area contributed by atoms with Crippen molar-refractivity contribution >= 4 is 11.6 Å². The first kappa shape index (κ1) is 14.5. The lowest BCUT2D eigenvalue weighted by Crippen LogP contribution is -2.40. The van der Waals surface area contributed by atoms with Crippen molar-refractivity contribution in [1.82, 2.24) is 4.90 Å². The van der Waals surface area contributed by atoms with Crippen molar-refractivity contribution in [3.05, 3.63) is 28.8 Å². The fraction of sp³-hybridized carbons (Fsp3) is 0.538. The number of halogens is 3. The van der Waals surface area contributed by atoms with E-state index in [1.165, 1.54) is 0 Å². The minimum Gasteiger partial charge on any atom is -0.506 e. The van der Waals surface area contributed by atoms with Crippen molar-refractivity contribution in [2.24, 2.45) is 0 Å². The number of hydrogen-bond donors (Lipinski definition) is 1. The predicted molar refractivity (Wildman–Crippen MR) is 68.8 cm³/mol. The van der Waals surface area contributed by atoms with Gasteiger partial charge in [-0.3, -0.25) is 4.90 Å². The number of aromatic hydroxyl groups is 1. The summed E-state index contributed by atoms with van der Waals surface area (Å²) in [5.41, 5.74) is 0.556. The van der Waals surface area contributed by atoms with Crippen molar-refractivity contribution in [1.29, 1.82) is 0 Å². The molecular weight excluding hydrogens is 276 g/mol. The van der Waals surface area contributed by atoms with Crippen molar-refractivity contribution < 1.29 is 18.6 Å². The van der Waals surface area contributed by atoms with Crippen LogP contribution in [0.5, 0.6) is 5.75 Å². The minimum atomic E-state index is -2.43. The predicted octanol–water partition coefficient (Wildman–Crippen LogP) is 2.90. The lowest BCUT2D eigenvalue weighted by molar-refractivity contribution is 0.0235. The van der Waals surface area contributed by atoms with Crippen LogP contribution < -0.4 is 0 Å². The SMILES string of the molecule is Oc1c(Cl)cccc1CN1CCOCCC1C(F)F. The van der Waals surface area contributed by atoms with Gasteiger partial charge >= 0.3 is 0 Å². The van der Waals surface area contributed by atoms with Gasteiger partial charge < -0.3 is 9.84 Å². The number of hydrogen-bond acceptors (Lipinski definition) is 3. The van der Waals surface area contributed by atoms with E-state index in [1.807, 2.05) is 0 Å². The van der Waals surface area contributed by atoms with Gasteiger partial charge in [-0.15, -0.1) is 0 Å². The summed E-state index contributed by atoms with van der Waals surface area (Å²) in [4.78, 5) is 1.64. The summed E-state index contributed by atoms with van der Waals surface area (Å²) in [7, 11) is 0. The topological polar surface area (TPSA) is 32.7 Å². The number of para-hydroxylation sites is 1. The summed E-state index contributed by atoms with van der Waals surface area (Å²) >= 11 is 5.82. The Morgan fingerprint density at radius 3 is 2.95 bits per heavy atom. The highest BCUT2D eigenvalue weighted by Crippen LogP contribution is 2.29. The molecule has 19 heavy (non-hydrogen) atoms. The molecule has 1 aliphatic heterocycles. The average Bonchev–Trinajstić information content (AvgIpc) is 2.60. The van der Waals surface area contributed by atoms with Crippen LogP contribution in [0.2, 0.25) is 5.02 Å². The molecule has 1 unspecified atom stereocenters. The first-order valence-electron chi connectivity index (χ1n) is 6.16. The van der Waals surface area contributed by atoms with Crippen molar-refractivity contribution in [3.8, 4) is 5.75 Å². The monoisotopic (exact) mass is 291 g/mol. The van der Waals surface area contributed by atoms with E-state index < -0.39 is 12.5 Å². The first-order chi connectivity index (χ1) is 9.09. The second-order valence-corrected chi connectivity index (χ2v) is 4.93. The summed E-state index contributed by atoms with van der Waals surface area (Å²) in [6.07, 6.45) is -2.14. The smallest absolute Gasteiger partial charge is 0.253 e. The zero-order valence-corrected chi connectivity index (χ0v) is 11.1. The molecule has 1 atom stereocenters. The third-order valence-electron chi connectivity index (χ3n) is 3.28. The number of ether oxygens (including phenoxy) is 1. The second-order valence-electron chi connectivity index (χ2n) is 4.52. The molecule has 0 aromatic heterocycles. The summed E-state index contributed by atoms with van der Waals surface area (Å²) < 4.78 is 31.3. The Bertz CT molecular complexity index is 431. The average molecular weight is 292 g/mol. The Hall–Kier alpha value is -0.910. The van der Waals surface area contributed by atoms with Crippen LogP contribution in [0.4, 0.5) is 8.78 Å². The molecule has 1 heterocycles. The summed E-state index contributed by atoms with van der Waals surface area (Å²) in [5, 5.41) is 10.1. The molecule has 1 aromatic rings. The maximum absolute atomic E-state index is 13.0. The van der Waals surface area contributed by atoms with Crippen LogP contribution in [0, 0.1) is 0 Å². The molecule has 0 saturated carbocycles. The number of rotatable bonds is 3. The number of phenols is 1. The molecule has 106 valence electrons. The van der Waals surface area contributed by atoms with Gasteiger partial charge in [0.05, 0.1) is 17.7 Å². The zero-order chi connectivity index (χ0) is 13.8. The van der Waals surface area contributed by atoms with Gasteiger partial charge in [0, 0.05) is 25.3 Å². The molecule has 1 fully saturated rings. The highest BCUT2D eigenvalue weighted by Gasteiger charge is 2.29. The molecule has 0 aliphatic carbocycles. The molecule has 3 nitrogen and oxygen atoms in total. The van der Waals surface area contributed by atoms with Gasteiger partial charge in [0.1, 0.15) is 5.75 Å². The Labute approximate surface area is 115 Å². The van der Waals surface area contributed by atoms with Gasteiger partial charge in [-0.05, 0) is 12.5 Å². The molecule has 0 amide bonds. The Morgan fingerprint density at radius 1 is 1.42 bits per heavy atom. The van der Waals surface area contributed by atoms with E-state index in [0.29, 0.717) is 31.7 Å². The van der Waals surface area contributed by atoms with Gasteiger partial charge in [-0.2, -0.15) is 0 Å². The van der Waals surface area contributed by atoms with Crippen LogP contribution in [0.25, 0.3) is 0 Å². The van der Waals surface area contributed by atoms with E-state index in [1.54, 1.807) is 23.1 Å². The van der Waals surface area contributed by atoms with Gasteiger partial charge in [0.15, 0.2) is 0 Å². The van der Waals surface area contributed by atoms with Crippen LogP contribution in [-0.2, 0) is 11.3 Å². The molecule has 1 aromatic carbocycles. The summed E-state index contributed by atoms with van der Waals surface area (Å²) in [6.45, 7) is 1.42. The lowest BCUT2D eigenvalue weighted by atomic mass is 10.1. The summed E-state index contributed by atoms with van der Waals surface area (Å²) in [5.74, 6) is -0.0395. The quantitative estimate of drug-likeness (QED) is 0.929. The Kier molecular flexibility index (Phi) is 4.96. The van der Waals surface area contributed by atoms with Gasteiger partial charge in [0.25, 0.3) is 6.43 Å². The number of alkyl halides is 2. The minimum absolute atomic E-state index is 0.0395. The first-order valence-corrected chi connectivity index (χ1v) is 6.53. The normalized spacial score (nSPS) is 21.6. The van der Waals surface area contributed by atoms with Gasteiger partial charge in [0.2, 0.25) is 0 Å².